The number of nitrogens with one attached hydrogen (secondary N) is 1. The minimum Gasteiger partial charge on any atom is -0.493 e. The van der Waals surface area contributed by atoms with Crippen molar-refractivity contribution in [3.8, 4) is 5.75 Å². The number of carbonyl (C=O) groups excluding carboxylic acids is 1. The second-order valence-corrected chi connectivity index (χ2v) is 3.62. The van der Waals surface area contributed by atoms with Crippen LogP contribution in [0.4, 0.5) is 0 Å². The molecule has 0 aliphatic rings. The Hall–Kier alpha value is -1.26. The highest BCUT2D eigenvalue weighted by Crippen LogP contribution is 2.22. The lowest BCUT2D eigenvalue weighted by Crippen LogP contribution is -2.20. The van der Waals surface area contributed by atoms with Crippen molar-refractivity contribution >= 4 is 17.5 Å². The van der Waals surface area contributed by atoms with Gasteiger partial charge in [0.05, 0.1) is 19.6 Å². The first kappa shape index (κ1) is 12.8. The lowest BCUT2D eigenvalue weighted by molar-refractivity contribution is -0.121. The van der Waals surface area contributed by atoms with Gasteiger partial charge in [-0.2, -0.15) is 0 Å². The second kappa shape index (κ2) is 6.35. The number of ether oxygens (including phenoxy) is 1. The van der Waals surface area contributed by atoms with Crippen molar-refractivity contribution in [2.45, 2.75) is 13.0 Å². The zero-order valence-corrected chi connectivity index (χ0v) is 9.75. The summed E-state index contributed by atoms with van der Waals surface area (Å²) in [5, 5.41) is 12.1. The molecule has 0 aromatic heterocycles. The Balaban J connectivity index is 2.56. The van der Waals surface area contributed by atoms with Crippen molar-refractivity contribution in [1.29, 1.82) is 0 Å². The molecular weight excluding hydrogens is 230 g/mol. The third-order valence-corrected chi connectivity index (χ3v) is 2.29. The van der Waals surface area contributed by atoms with E-state index in [2.05, 4.69) is 5.32 Å². The van der Waals surface area contributed by atoms with Crippen molar-refractivity contribution in [1.82, 2.24) is 5.32 Å². The highest BCUT2D eigenvalue weighted by atomic mass is 35.5. The Morgan fingerprint density at radius 2 is 2.31 bits per heavy atom. The van der Waals surface area contributed by atoms with E-state index < -0.39 is 0 Å². The number of hydrogen-bond donors (Lipinski definition) is 2. The molecule has 5 heteroatoms. The molecule has 0 saturated heterocycles. The fraction of sp³-hybridized carbons (Fsp3) is 0.364. The maximum atomic E-state index is 10.9. The van der Waals surface area contributed by atoms with Crippen molar-refractivity contribution in [3.63, 3.8) is 0 Å². The first-order chi connectivity index (χ1) is 7.67. The van der Waals surface area contributed by atoms with Gasteiger partial charge in [0.25, 0.3) is 0 Å². The molecular formula is C11H14ClNO3. The van der Waals surface area contributed by atoms with E-state index in [1.54, 1.807) is 25.2 Å². The summed E-state index contributed by atoms with van der Waals surface area (Å²) in [7, 11) is 1.57. The number of aliphatic hydroxyl groups excluding tert-OH is 1. The van der Waals surface area contributed by atoms with E-state index in [9.17, 15) is 4.79 Å². The number of carbonyl (C=O) groups is 1. The Bertz CT molecular complexity index is 368. The lowest BCUT2D eigenvalue weighted by Gasteiger charge is -2.09. The van der Waals surface area contributed by atoms with Crippen LogP contribution in [0.5, 0.6) is 5.75 Å². The molecule has 1 aromatic carbocycles. The third kappa shape index (κ3) is 3.72. The van der Waals surface area contributed by atoms with Gasteiger partial charge < -0.3 is 15.2 Å². The number of hydrogen-bond acceptors (Lipinski definition) is 3. The molecule has 0 saturated carbocycles. The van der Waals surface area contributed by atoms with Crippen LogP contribution < -0.4 is 10.1 Å². The van der Waals surface area contributed by atoms with E-state index in [0.717, 1.165) is 0 Å². The molecule has 2 N–H and O–H groups in total. The third-order valence-electron chi connectivity index (χ3n) is 2.06. The van der Waals surface area contributed by atoms with Gasteiger partial charge in [-0.25, -0.2) is 0 Å². The van der Waals surface area contributed by atoms with Crippen LogP contribution in [0.25, 0.3) is 0 Å². The first-order valence-corrected chi connectivity index (χ1v) is 5.28. The summed E-state index contributed by atoms with van der Waals surface area (Å²) in [5.74, 6) is 0.468. The molecule has 16 heavy (non-hydrogen) atoms. The zero-order valence-electron chi connectivity index (χ0n) is 9.00. The van der Waals surface area contributed by atoms with Crippen LogP contribution in [0.1, 0.15) is 12.0 Å². The van der Waals surface area contributed by atoms with Crippen LogP contribution in [-0.2, 0) is 11.4 Å². The zero-order chi connectivity index (χ0) is 12.0. The average molecular weight is 244 g/mol. The van der Waals surface area contributed by atoms with Crippen molar-refractivity contribution in [2.75, 3.05) is 13.7 Å². The summed E-state index contributed by atoms with van der Waals surface area (Å²) < 4.78 is 5.38. The summed E-state index contributed by atoms with van der Waals surface area (Å²) in [6, 6.07) is 4.99. The van der Waals surface area contributed by atoms with Crippen LogP contribution >= 0.6 is 11.6 Å². The molecule has 1 amide bonds. The molecule has 0 fully saturated rings. The molecule has 0 aliphatic heterocycles. The van der Waals surface area contributed by atoms with Gasteiger partial charge in [-0.1, -0.05) is 11.6 Å². The predicted octanol–water partition coefficient (Wildman–Crippen LogP) is 1.35. The summed E-state index contributed by atoms with van der Waals surface area (Å²) in [5.41, 5.74) is 0.615. The normalized spacial score (nSPS) is 9.94. The second-order valence-electron chi connectivity index (χ2n) is 3.18. The minimum absolute atomic E-state index is 0.0838. The molecule has 0 aliphatic carbocycles. The maximum Gasteiger partial charge on any atom is 0.223 e. The summed E-state index contributed by atoms with van der Waals surface area (Å²) in [4.78, 5) is 10.9. The van der Waals surface area contributed by atoms with Crippen LogP contribution in [0.2, 0.25) is 5.02 Å². The average Bonchev–Trinajstić information content (AvgIpc) is 2.30. The van der Waals surface area contributed by atoms with E-state index in [0.29, 0.717) is 16.3 Å². The molecule has 0 radical (unpaired) electrons. The van der Waals surface area contributed by atoms with Gasteiger partial charge in [-0.15, -0.1) is 0 Å². The molecule has 0 unspecified atom stereocenters. The van der Waals surface area contributed by atoms with Gasteiger partial charge in [0.15, 0.2) is 0 Å². The van der Waals surface area contributed by atoms with Crippen LogP contribution in [0.15, 0.2) is 18.2 Å². The summed E-state index contributed by atoms with van der Waals surface area (Å²) in [6.07, 6.45) is 0.282. The standard InChI is InChI=1S/C11H14ClNO3/c1-13-11(15)4-5-16-10-3-2-9(12)6-8(10)7-14/h2-3,6,14H,4-5,7H2,1H3,(H,13,15). The van der Waals surface area contributed by atoms with Crippen molar-refractivity contribution in [3.05, 3.63) is 28.8 Å². The quantitative estimate of drug-likeness (QED) is 0.821. The monoisotopic (exact) mass is 243 g/mol. The van der Waals surface area contributed by atoms with Gasteiger partial charge in [0, 0.05) is 17.6 Å². The molecule has 1 rings (SSSR count). The lowest BCUT2D eigenvalue weighted by atomic mass is 10.2. The Labute approximate surface area is 99.2 Å². The van der Waals surface area contributed by atoms with E-state index in [-0.39, 0.29) is 25.5 Å². The number of amides is 1. The molecule has 0 spiro atoms. The van der Waals surface area contributed by atoms with Crippen LogP contribution in [-0.4, -0.2) is 24.7 Å². The Kier molecular flexibility index (Phi) is 5.08. The molecule has 0 heterocycles. The van der Waals surface area contributed by atoms with E-state index in [4.69, 9.17) is 21.4 Å². The van der Waals surface area contributed by atoms with Gasteiger partial charge in [-0.3, -0.25) is 4.79 Å². The highest BCUT2D eigenvalue weighted by molar-refractivity contribution is 6.30. The SMILES string of the molecule is CNC(=O)CCOc1ccc(Cl)cc1CO. The van der Waals surface area contributed by atoms with Gasteiger partial charge in [0.2, 0.25) is 5.91 Å². The van der Waals surface area contributed by atoms with E-state index in [1.807, 2.05) is 0 Å². The highest BCUT2D eigenvalue weighted by Gasteiger charge is 2.05. The minimum atomic E-state index is -0.143. The topological polar surface area (TPSA) is 58.6 Å². The van der Waals surface area contributed by atoms with E-state index >= 15 is 0 Å². The molecule has 0 bridgehead atoms. The first-order valence-electron chi connectivity index (χ1n) is 4.90. The fourth-order valence-electron chi connectivity index (χ4n) is 1.19. The fourth-order valence-corrected chi connectivity index (χ4v) is 1.39. The largest absolute Gasteiger partial charge is 0.493 e. The number of halogens is 1. The summed E-state index contributed by atoms with van der Waals surface area (Å²) in [6.45, 7) is 0.129. The van der Waals surface area contributed by atoms with E-state index in [1.165, 1.54) is 0 Å². The molecule has 88 valence electrons. The maximum absolute atomic E-state index is 10.9. The van der Waals surface area contributed by atoms with Gasteiger partial charge >= 0.3 is 0 Å². The predicted molar refractivity (Wildman–Crippen MR) is 61.6 cm³/mol. The smallest absolute Gasteiger partial charge is 0.223 e. The van der Waals surface area contributed by atoms with Crippen molar-refractivity contribution in [2.24, 2.45) is 0 Å². The number of benzene rings is 1. The van der Waals surface area contributed by atoms with Crippen molar-refractivity contribution < 1.29 is 14.6 Å². The number of rotatable bonds is 5. The van der Waals surface area contributed by atoms with Crippen LogP contribution in [0.3, 0.4) is 0 Å². The Morgan fingerprint density at radius 3 is 2.94 bits per heavy atom. The molecule has 0 atom stereocenters. The molecule has 1 aromatic rings. The summed E-state index contributed by atoms with van der Waals surface area (Å²) >= 11 is 5.77. The Morgan fingerprint density at radius 1 is 1.56 bits per heavy atom. The number of aliphatic hydroxyl groups is 1. The van der Waals surface area contributed by atoms with Gasteiger partial charge in [-0.05, 0) is 18.2 Å². The van der Waals surface area contributed by atoms with Crippen LogP contribution in [0, 0.1) is 0 Å². The molecule has 4 nitrogen and oxygen atoms in total. The van der Waals surface area contributed by atoms with Gasteiger partial charge in [0.1, 0.15) is 5.75 Å².